The number of hydrogen-bond donors (Lipinski definition) is 2. The molecule has 94 valence electrons. The molecular weight excluding hydrogens is 200 g/mol. The quantitative estimate of drug-likeness (QED) is 0.275. The third-order valence-corrected chi connectivity index (χ3v) is 3.34. The lowest BCUT2D eigenvalue weighted by Crippen LogP contribution is -2.36. The van der Waals surface area contributed by atoms with Crippen LogP contribution in [0.15, 0.2) is 12.7 Å². The zero-order valence-corrected chi connectivity index (χ0v) is 10.3. The van der Waals surface area contributed by atoms with Gasteiger partial charge in [-0.3, -0.25) is 11.3 Å². The van der Waals surface area contributed by atoms with Crippen LogP contribution in [0.5, 0.6) is 0 Å². The Labute approximate surface area is 99.4 Å². The lowest BCUT2D eigenvalue weighted by atomic mass is 9.96. The fraction of sp³-hybridized carbons (Fsp3) is 0.846. The van der Waals surface area contributed by atoms with Crippen LogP contribution in [0.25, 0.3) is 0 Å². The third-order valence-electron chi connectivity index (χ3n) is 3.34. The van der Waals surface area contributed by atoms with Gasteiger partial charge in [0.25, 0.3) is 0 Å². The Morgan fingerprint density at radius 1 is 1.44 bits per heavy atom. The highest BCUT2D eigenvalue weighted by atomic mass is 16.5. The van der Waals surface area contributed by atoms with Gasteiger partial charge in [0.05, 0.1) is 0 Å². The van der Waals surface area contributed by atoms with Crippen LogP contribution in [0.2, 0.25) is 0 Å². The minimum Gasteiger partial charge on any atom is -0.381 e. The molecule has 0 radical (unpaired) electrons. The molecular formula is C13H26N2O. The Bertz CT molecular complexity index is 179. The highest BCUT2D eigenvalue weighted by Gasteiger charge is 2.19. The lowest BCUT2D eigenvalue weighted by molar-refractivity contribution is 0.180. The molecule has 0 amide bonds. The van der Waals surface area contributed by atoms with E-state index < -0.39 is 0 Å². The second-order valence-corrected chi connectivity index (χ2v) is 4.76. The van der Waals surface area contributed by atoms with E-state index in [2.05, 4.69) is 12.0 Å². The molecule has 0 bridgehead atoms. The van der Waals surface area contributed by atoms with E-state index in [-0.39, 0.29) is 0 Å². The molecule has 3 N–H and O–H groups in total. The van der Waals surface area contributed by atoms with Crippen molar-refractivity contribution in [3.05, 3.63) is 12.7 Å². The Balaban J connectivity index is 2.03. The van der Waals surface area contributed by atoms with E-state index in [1.54, 1.807) is 0 Å². The zero-order valence-electron chi connectivity index (χ0n) is 10.3. The first kappa shape index (κ1) is 13.7. The third kappa shape index (κ3) is 5.64. The molecule has 1 saturated heterocycles. The Kier molecular flexibility index (Phi) is 7.47. The van der Waals surface area contributed by atoms with Crippen molar-refractivity contribution in [1.29, 1.82) is 0 Å². The van der Waals surface area contributed by atoms with E-state index in [4.69, 9.17) is 10.6 Å². The van der Waals surface area contributed by atoms with Crippen molar-refractivity contribution in [3.8, 4) is 0 Å². The molecule has 0 aromatic heterocycles. The van der Waals surface area contributed by atoms with Crippen molar-refractivity contribution in [2.75, 3.05) is 13.2 Å². The molecule has 1 rings (SSSR count). The normalized spacial score (nSPS) is 22.2. The molecule has 3 nitrogen and oxygen atoms in total. The number of hydrogen-bond acceptors (Lipinski definition) is 3. The van der Waals surface area contributed by atoms with Crippen LogP contribution in [0.4, 0.5) is 0 Å². The minimum absolute atomic E-state index is 0.468. The molecule has 0 aromatic carbocycles. The summed E-state index contributed by atoms with van der Waals surface area (Å²) >= 11 is 0. The molecule has 3 heteroatoms. The predicted molar refractivity (Wildman–Crippen MR) is 67.9 cm³/mol. The summed E-state index contributed by atoms with van der Waals surface area (Å²) < 4.78 is 5.38. The van der Waals surface area contributed by atoms with Crippen molar-refractivity contribution < 1.29 is 4.74 Å². The number of hydrazine groups is 1. The predicted octanol–water partition coefficient (Wildman–Crippen LogP) is 2.38. The summed E-state index contributed by atoms with van der Waals surface area (Å²) in [6.45, 7) is 5.59. The average Bonchev–Trinajstić information content (AvgIpc) is 2.80. The number of unbranched alkanes of at least 4 members (excludes halogenated alkanes) is 3. The largest absolute Gasteiger partial charge is 0.381 e. The molecule has 0 saturated carbocycles. The fourth-order valence-electron chi connectivity index (χ4n) is 2.30. The number of ether oxygens (including phenoxy) is 1. The molecule has 0 aromatic rings. The average molecular weight is 226 g/mol. The molecule has 1 aliphatic rings. The monoisotopic (exact) mass is 226 g/mol. The number of nitrogens with two attached hydrogens (primary N) is 1. The molecule has 16 heavy (non-hydrogen) atoms. The number of allylic oxidation sites excluding steroid dienone is 1. The van der Waals surface area contributed by atoms with Gasteiger partial charge in [0.15, 0.2) is 0 Å². The molecule has 2 unspecified atom stereocenters. The van der Waals surface area contributed by atoms with Crippen molar-refractivity contribution in [3.63, 3.8) is 0 Å². The minimum atomic E-state index is 0.468. The van der Waals surface area contributed by atoms with Crippen LogP contribution in [0.3, 0.4) is 0 Å². The van der Waals surface area contributed by atoms with E-state index in [1.807, 2.05) is 6.08 Å². The van der Waals surface area contributed by atoms with Gasteiger partial charge in [0, 0.05) is 19.3 Å². The molecule has 1 heterocycles. The highest BCUT2D eigenvalue weighted by molar-refractivity contribution is 4.73. The van der Waals surface area contributed by atoms with Crippen LogP contribution in [0, 0.1) is 5.92 Å². The van der Waals surface area contributed by atoms with E-state index in [9.17, 15) is 0 Å². The maximum Gasteiger partial charge on any atom is 0.0495 e. The van der Waals surface area contributed by atoms with E-state index in [0.29, 0.717) is 12.0 Å². The van der Waals surface area contributed by atoms with Gasteiger partial charge in [-0.05, 0) is 38.0 Å². The smallest absolute Gasteiger partial charge is 0.0495 e. The summed E-state index contributed by atoms with van der Waals surface area (Å²) in [4.78, 5) is 0. The highest BCUT2D eigenvalue weighted by Crippen LogP contribution is 2.20. The second kappa shape index (κ2) is 8.74. The van der Waals surface area contributed by atoms with Crippen LogP contribution >= 0.6 is 0 Å². The topological polar surface area (TPSA) is 47.3 Å². The van der Waals surface area contributed by atoms with Gasteiger partial charge >= 0.3 is 0 Å². The maximum absolute atomic E-state index is 5.58. The van der Waals surface area contributed by atoms with Gasteiger partial charge < -0.3 is 4.74 Å². The first-order valence-corrected chi connectivity index (χ1v) is 6.51. The van der Waals surface area contributed by atoms with Crippen LogP contribution < -0.4 is 11.3 Å². The molecule has 0 spiro atoms. The molecule has 2 atom stereocenters. The van der Waals surface area contributed by atoms with Gasteiger partial charge in [-0.1, -0.05) is 18.9 Å². The Hall–Kier alpha value is -0.380. The number of nitrogens with one attached hydrogen (secondary N) is 1. The van der Waals surface area contributed by atoms with Crippen LogP contribution in [0.1, 0.15) is 44.9 Å². The fourth-order valence-corrected chi connectivity index (χ4v) is 2.30. The Morgan fingerprint density at radius 3 is 2.94 bits per heavy atom. The summed E-state index contributed by atoms with van der Waals surface area (Å²) in [5.74, 6) is 6.30. The summed E-state index contributed by atoms with van der Waals surface area (Å²) in [5.41, 5.74) is 2.94. The van der Waals surface area contributed by atoms with Crippen molar-refractivity contribution in [2.24, 2.45) is 11.8 Å². The van der Waals surface area contributed by atoms with E-state index in [1.165, 1.54) is 32.1 Å². The molecule has 1 aliphatic heterocycles. The molecule has 0 aliphatic carbocycles. The zero-order chi connectivity index (χ0) is 11.6. The van der Waals surface area contributed by atoms with Crippen LogP contribution in [-0.4, -0.2) is 19.3 Å². The summed E-state index contributed by atoms with van der Waals surface area (Å²) in [7, 11) is 0. The van der Waals surface area contributed by atoms with Crippen molar-refractivity contribution in [1.82, 2.24) is 5.43 Å². The van der Waals surface area contributed by atoms with Crippen molar-refractivity contribution in [2.45, 2.75) is 51.0 Å². The van der Waals surface area contributed by atoms with E-state index >= 15 is 0 Å². The lowest BCUT2D eigenvalue weighted by Gasteiger charge is -2.18. The summed E-state index contributed by atoms with van der Waals surface area (Å²) in [5, 5.41) is 0. The summed E-state index contributed by atoms with van der Waals surface area (Å²) in [6, 6.07) is 0.468. The van der Waals surface area contributed by atoms with Crippen molar-refractivity contribution >= 4 is 0 Å². The van der Waals surface area contributed by atoms with E-state index in [0.717, 1.165) is 26.1 Å². The first-order chi connectivity index (χ1) is 7.86. The SMILES string of the molecule is C=CCCCCCC(CC1CCOC1)NN. The standard InChI is InChI=1S/C13H26N2O/c1-2-3-4-5-6-7-13(15-14)10-12-8-9-16-11-12/h2,12-13,15H,1,3-11,14H2. The second-order valence-electron chi connectivity index (χ2n) is 4.76. The number of rotatable bonds is 9. The van der Waals surface area contributed by atoms with Gasteiger partial charge in [-0.25, -0.2) is 0 Å². The first-order valence-electron chi connectivity index (χ1n) is 6.51. The van der Waals surface area contributed by atoms with Gasteiger partial charge in [0.2, 0.25) is 0 Å². The van der Waals surface area contributed by atoms with Gasteiger partial charge in [-0.15, -0.1) is 6.58 Å². The molecule has 1 fully saturated rings. The Morgan fingerprint density at radius 2 is 2.31 bits per heavy atom. The van der Waals surface area contributed by atoms with Gasteiger partial charge in [0.1, 0.15) is 0 Å². The summed E-state index contributed by atoms with van der Waals surface area (Å²) in [6.07, 6.45) is 10.5. The maximum atomic E-state index is 5.58. The van der Waals surface area contributed by atoms with Crippen LogP contribution in [-0.2, 0) is 4.74 Å². The van der Waals surface area contributed by atoms with Gasteiger partial charge in [-0.2, -0.15) is 0 Å².